The molecule has 3 fully saturated rings. The third-order valence-electron chi connectivity index (χ3n) is 9.79. The first-order valence-corrected chi connectivity index (χ1v) is 17.2. The van der Waals surface area contributed by atoms with Crippen LogP contribution in [-0.4, -0.2) is 164 Å². The van der Waals surface area contributed by atoms with Crippen LogP contribution in [0.15, 0.2) is 39.5 Å². The van der Waals surface area contributed by atoms with Gasteiger partial charge >= 0.3 is 0 Å². The molecule has 0 bridgehead atoms. The van der Waals surface area contributed by atoms with E-state index in [1.165, 1.54) is 52.3 Å². The summed E-state index contributed by atoms with van der Waals surface area (Å²) < 4.78 is 50.9. The van der Waals surface area contributed by atoms with Crippen LogP contribution in [0.2, 0.25) is 0 Å². The second-order valence-corrected chi connectivity index (χ2v) is 13.4. The Balaban J connectivity index is 1.34. The van der Waals surface area contributed by atoms with Crippen molar-refractivity contribution < 1.29 is 93.4 Å². The Labute approximate surface area is 311 Å². The molecule has 55 heavy (non-hydrogen) atoms. The second-order valence-electron chi connectivity index (χ2n) is 13.4. The van der Waals surface area contributed by atoms with Crippen LogP contribution in [0.1, 0.15) is 13.8 Å². The molecule has 3 saturated heterocycles. The maximum absolute atomic E-state index is 13.4. The third kappa shape index (κ3) is 7.79. The van der Waals surface area contributed by atoms with Gasteiger partial charge in [-0.15, -0.1) is 0 Å². The number of aliphatic hydroxyl groups is 8. The van der Waals surface area contributed by atoms with Crippen molar-refractivity contribution in [2.45, 2.75) is 106 Å². The number of aromatic hydroxyl groups is 2. The van der Waals surface area contributed by atoms with Gasteiger partial charge < -0.3 is 93.4 Å². The molecule has 3 aliphatic heterocycles. The van der Waals surface area contributed by atoms with E-state index in [1.54, 1.807) is 0 Å². The van der Waals surface area contributed by atoms with Crippen LogP contribution in [0.4, 0.5) is 0 Å². The summed E-state index contributed by atoms with van der Waals surface area (Å²) in [4.78, 5) is 13.4. The van der Waals surface area contributed by atoms with E-state index in [2.05, 4.69) is 0 Å². The van der Waals surface area contributed by atoms with E-state index in [-0.39, 0.29) is 39.5 Å². The molecule has 10 N–H and O–H groups in total. The van der Waals surface area contributed by atoms with E-state index in [0.717, 1.165) is 6.07 Å². The van der Waals surface area contributed by atoms with Crippen molar-refractivity contribution in [1.29, 1.82) is 0 Å². The van der Waals surface area contributed by atoms with Crippen molar-refractivity contribution in [3.05, 3.63) is 40.6 Å². The molecule has 20 heteroatoms. The van der Waals surface area contributed by atoms with Crippen molar-refractivity contribution in [1.82, 2.24) is 0 Å². The Morgan fingerprint density at radius 3 is 1.95 bits per heavy atom. The fourth-order valence-electron chi connectivity index (χ4n) is 6.53. The van der Waals surface area contributed by atoms with Gasteiger partial charge in [-0.2, -0.15) is 0 Å². The summed E-state index contributed by atoms with van der Waals surface area (Å²) in [6.45, 7) is 2.20. The lowest BCUT2D eigenvalue weighted by molar-refractivity contribution is -0.360. The van der Waals surface area contributed by atoms with Crippen LogP contribution in [-0.2, 0) is 23.7 Å². The molecule has 20 nitrogen and oxygen atoms in total. The van der Waals surface area contributed by atoms with Crippen molar-refractivity contribution in [3.8, 4) is 40.1 Å². The summed E-state index contributed by atoms with van der Waals surface area (Å²) in [7, 11) is 2.55. The fourth-order valence-corrected chi connectivity index (χ4v) is 6.53. The molecule has 1 aromatic heterocycles. The number of fused-ring (bicyclic) bond motifs is 1. The molecule has 0 unspecified atom stereocenters. The predicted octanol–water partition coefficient (Wildman–Crippen LogP) is -2.23. The molecule has 0 amide bonds. The van der Waals surface area contributed by atoms with E-state index in [1.807, 2.05) is 0 Å². The topological polar surface area (TPSA) is 306 Å². The SMILES string of the molecule is COc1cc(O)c2c(=O)c(OC)c(-c3ccc(O)c(O[C@@H]4O[C@H](CO[C@@H]5O[C@@H](C)[C@H](O)[C@@H](O)[C@H]5O)[C@@H](O)[C@H](O)[C@H]4O[C@@H]4O[C@@H](C)[C@H](O)[C@@H](O)[C@H]4O)c3)oc2c1. The minimum atomic E-state index is -1.93. The van der Waals surface area contributed by atoms with E-state index < -0.39 is 116 Å². The zero-order valence-electron chi connectivity index (χ0n) is 29.8. The third-order valence-corrected chi connectivity index (χ3v) is 9.79. The molecule has 4 heterocycles. The molecule has 6 rings (SSSR count). The van der Waals surface area contributed by atoms with Crippen LogP contribution in [0.3, 0.4) is 0 Å². The van der Waals surface area contributed by atoms with Crippen molar-refractivity contribution >= 4 is 11.0 Å². The number of phenolic OH excluding ortho intramolecular Hbond substituents is 2. The number of aliphatic hydroxyl groups excluding tert-OH is 8. The van der Waals surface area contributed by atoms with Crippen molar-refractivity contribution in [2.75, 3.05) is 20.8 Å². The van der Waals surface area contributed by atoms with Gasteiger partial charge in [-0.05, 0) is 32.0 Å². The minimum Gasteiger partial charge on any atom is -0.507 e. The molecule has 0 spiro atoms. The quantitative estimate of drug-likeness (QED) is 0.104. The molecule has 15 atom stereocenters. The average molecular weight is 785 g/mol. The Morgan fingerprint density at radius 2 is 1.31 bits per heavy atom. The lowest BCUT2D eigenvalue weighted by Crippen LogP contribution is -2.65. The van der Waals surface area contributed by atoms with Crippen molar-refractivity contribution in [3.63, 3.8) is 0 Å². The first kappa shape index (κ1) is 40.8. The molecular weight excluding hydrogens is 740 g/mol. The summed E-state index contributed by atoms with van der Waals surface area (Å²) in [5.74, 6) is -1.63. The van der Waals surface area contributed by atoms with Crippen LogP contribution in [0.5, 0.6) is 28.7 Å². The maximum atomic E-state index is 13.4. The Kier molecular flexibility index (Phi) is 12.1. The van der Waals surface area contributed by atoms with Gasteiger partial charge in [-0.3, -0.25) is 4.79 Å². The first-order chi connectivity index (χ1) is 26.1. The second kappa shape index (κ2) is 16.3. The van der Waals surface area contributed by atoms with Crippen LogP contribution in [0, 0.1) is 0 Å². The summed E-state index contributed by atoms with van der Waals surface area (Å²) in [6, 6.07) is 6.31. The van der Waals surface area contributed by atoms with Gasteiger partial charge in [0.25, 0.3) is 0 Å². The number of hydrogen-bond donors (Lipinski definition) is 10. The number of rotatable bonds is 10. The smallest absolute Gasteiger partial charge is 0.239 e. The van der Waals surface area contributed by atoms with E-state index in [9.17, 15) is 55.9 Å². The molecule has 3 aliphatic rings. The Hall–Kier alpha value is -3.87. The Morgan fingerprint density at radius 1 is 0.673 bits per heavy atom. The van der Waals surface area contributed by atoms with E-state index >= 15 is 0 Å². The fraction of sp³-hybridized carbons (Fsp3) is 0.571. The minimum absolute atomic E-state index is 0.0757. The van der Waals surface area contributed by atoms with Crippen LogP contribution >= 0.6 is 0 Å². The summed E-state index contributed by atoms with van der Waals surface area (Å²) >= 11 is 0. The maximum Gasteiger partial charge on any atom is 0.239 e. The highest BCUT2D eigenvalue weighted by atomic mass is 16.8. The molecule has 0 aliphatic carbocycles. The summed E-state index contributed by atoms with van der Waals surface area (Å²) in [5, 5.41) is 106. The van der Waals surface area contributed by atoms with Gasteiger partial charge in [0.15, 0.2) is 35.9 Å². The first-order valence-electron chi connectivity index (χ1n) is 17.2. The predicted molar refractivity (Wildman–Crippen MR) is 181 cm³/mol. The van der Waals surface area contributed by atoms with Gasteiger partial charge in [-0.1, -0.05) is 0 Å². The van der Waals surface area contributed by atoms with E-state index in [4.69, 9.17) is 42.3 Å². The monoisotopic (exact) mass is 784 g/mol. The zero-order valence-corrected chi connectivity index (χ0v) is 29.8. The molecular formula is C35H44O20. The molecule has 3 aromatic rings. The molecule has 0 saturated carbocycles. The zero-order chi connectivity index (χ0) is 40.0. The number of hydrogen-bond acceptors (Lipinski definition) is 20. The molecule has 304 valence electrons. The highest BCUT2D eigenvalue weighted by Crippen LogP contribution is 2.40. The standard InChI is InChI=1S/C35H44O20/c1-11-21(38)25(42)28(45)33(50-11)49-10-19-23(40)27(44)32(55-34-29(46)26(43)22(39)12(2)51-34)35(54-19)53-17-7-13(5-6-15(17)36)30-31(48-4)24(41)20-16(37)8-14(47-3)9-18(20)52-30/h5-9,11-12,19,21-23,25-29,32-40,42-46H,10H2,1-4H3/t11-,12-,19+,21-,22-,23+,25+,26+,27-,28+,29+,32+,33+,34-,35+/m0/s1. The average Bonchev–Trinajstić information content (AvgIpc) is 3.16. The lowest BCUT2D eigenvalue weighted by Gasteiger charge is -2.46. The number of methoxy groups -OCH3 is 2. The lowest BCUT2D eigenvalue weighted by atomic mass is 9.97. The van der Waals surface area contributed by atoms with Crippen LogP contribution < -0.4 is 19.6 Å². The Bertz CT molecular complexity index is 1870. The summed E-state index contributed by atoms with van der Waals surface area (Å²) in [5.41, 5.74) is -0.724. The largest absolute Gasteiger partial charge is 0.507 e. The van der Waals surface area contributed by atoms with Gasteiger partial charge in [0, 0.05) is 17.7 Å². The molecule has 0 radical (unpaired) electrons. The van der Waals surface area contributed by atoms with Gasteiger partial charge in [0.2, 0.25) is 17.5 Å². The number of phenols is 2. The normalized spacial score (nSPS) is 36.8. The number of benzene rings is 2. The number of ether oxygens (including phenoxy) is 8. The highest BCUT2D eigenvalue weighted by Gasteiger charge is 2.52. The van der Waals surface area contributed by atoms with Gasteiger partial charge in [0.1, 0.15) is 77.4 Å². The van der Waals surface area contributed by atoms with Crippen LogP contribution in [0.25, 0.3) is 22.3 Å². The summed E-state index contributed by atoms with van der Waals surface area (Å²) in [6.07, 6.45) is -24.0. The molecule has 2 aromatic carbocycles. The van der Waals surface area contributed by atoms with E-state index in [0.29, 0.717) is 0 Å². The highest BCUT2D eigenvalue weighted by molar-refractivity contribution is 5.88. The van der Waals surface area contributed by atoms with Crippen molar-refractivity contribution in [2.24, 2.45) is 0 Å². The van der Waals surface area contributed by atoms with Gasteiger partial charge in [-0.25, -0.2) is 0 Å². The van der Waals surface area contributed by atoms with Gasteiger partial charge in [0.05, 0.1) is 33.0 Å².